The van der Waals surface area contributed by atoms with Crippen LogP contribution in [0, 0.1) is 12.7 Å². The lowest BCUT2D eigenvalue weighted by Crippen LogP contribution is -2.11. The highest BCUT2D eigenvalue weighted by molar-refractivity contribution is 5.88. The van der Waals surface area contributed by atoms with Crippen LogP contribution >= 0.6 is 0 Å². The zero-order chi connectivity index (χ0) is 15.4. The summed E-state index contributed by atoms with van der Waals surface area (Å²) in [5, 5.41) is 12.3. The molecule has 0 radical (unpaired) electrons. The maximum atomic E-state index is 13.3. The molecule has 2 rings (SSSR count). The van der Waals surface area contributed by atoms with Crippen LogP contribution in [0.2, 0.25) is 0 Å². The van der Waals surface area contributed by atoms with Crippen molar-refractivity contribution >= 4 is 11.7 Å². The molecule has 0 aromatic heterocycles. The van der Waals surface area contributed by atoms with Crippen molar-refractivity contribution < 1.29 is 14.3 Å². The van der Waals surface area contributed by atoms with E-state index in [4.69, 9.17) is 5.11 Å². The third-order valence-electron chi connectivity index (χ3n) is 3.46. The van der Waals surface area contributed by atoms with Gasteiger partial charge in [0.15, 0.2) is 0 Å². The highest BCUT2D eigenvalue weighted by atomic mass is 19.1. The Hall–Kier alpha value is -2.36. The number of anilines is 1. The predicted octanol–water partition coefficient (Wildman–Crippen LogP) is 4.40. The molecule has 0 fully saturated rings. The van der Waals surface area contributed by atoms with Crippen LogP contribution in [0.25, 0.3) is 0 Å². The first kappa shape index (κ1) is 15.0. The number of carboxylic acids is 1. The predicted molar refractivity (Wildman–Crippen MR) is 81.2 cm³/mol. The maximum Gasteiger partial charge on any atom is 0.335 e. The van der Waals surface area contributed by atoms with Crippen LogP contribution in [0.3, 0.4) is 0 Å². The summed E-state index contributed by atoms with van der Waals surface area (Å²) in [4.78, 5) is 10.9. The monoisotopic (exact) mass is 287 g/mol. The Bertz CT molecular complexity index is 655. The summed E-state index contributed by atoms with van der Waals surface area (Å²) in [7, 11) is 0. The fourth-order valence-electron chi connectivity index (χ4n) is 2.29. The van der Waals surface area contributed by atoms with Gasteiger partial charge < -0.3 is 10.4 Å². The fraction of sp³-hybridized carbons (Fsp3) is 0.235. The second-order valence-electron chi connectivity index (χ2n) is 5.00. The molecule has 2 N–H and O–H groups in total. The molecule has 0 aliphatic heterocycles. The largest absolute Gasteiger partial charge is 0.478 e. The number of nitrogens with one attached hydrogen (secondary N) is 1. The molecule has 3 nitrogen and oxygen atoms in total. The van der Waals surface area contributed by atoms with Crippen molar-refractivity contribution in [3.63, 3.8) is 0 Å². The summed E-state index contributed by atoms with van der Waals surface area (Å²) in [5.74, 6) is -1.20. The van der Waals surface area contributed by atoms with E-state index in [0.29, 0.717) is 0 Å². The zero-order valence-electron chi connectivity index (χ0n) is 12.1. The van der Waals surface area contributed by atoms with Crippen LogP contribution in [0.15, 0.2) is 42.5 Å². The average Bonchev–Trinajstić information content (AvgIpc) is 2.45. The molecule has 0 aliphatic rings. The van der Waals surface area contributed by atoms with Crippen molar-refractivity contribution in [2.45, 2.75) is 26.3 Å². The number of carbonyl (C=O) groups is 1. The number of halogens is 1. The van der Waals surface area contributed by atoms with Crippen LogP contribution in [0.1, 0.15) is 40.9 Å². The van der Waals surface area contributed by atoms with E-state index in [-0.39, 0.29) is 17.4 Å². The van der Waals surface area contributed by atoms with Crippen molar-refractivity contribution in [2.24, 2.45) is 0 Å². The van der Waals surface area contributed by atoms with Crippen molar-refractivity contribution in [3.8, 4) is 0 Å². The number of hydrogen-bond acceptors (Lipinski definition) is 2. The van der Waals surface area contributed by atoms with Gasteiger partial charge in [-0.25, -0.2) is 9.18 Å². The Kier molecular flexibility index (Phi) is 4.58. The number of aryl methyl sites for hydroxylation is 1. The SMILES string of the molecule is CCC(Nc1ccc(C(=O)O)cc1C)c1cccc(F)c1. The minimum absolute atomic E-state index is 0.0184. The van der Waals surface area contributed by atoms with E-state index < -0.39 is 5.97 Å². The molecule has 0 aliphatic carbocycles. The maximum absolute atomic E-state index is 13.3. The number of aromatic carboxylic acids is 1. The highest BCUT2D eigenvalue weighted by Gasteiger charge is 2.12. The van der Waals surface area contributed by atoms with Crippen molar-refractivity contribution in [2.75, 3.05) is 5.32 Å². The second-order valence-corrected chi connectivity index (χ2v) is 5.00. The summed E-state index contributed by atoms with van der Waals surface area (Å²) in [6, 6.07) is 11.4. The topological polar surface area (TPSA) is 49.3 Å². The van der Waals surface area contributed by atoms with Crippen LogP contribution < -0.4 is 5.32 Å². The first-order chi connectivity index (χ1) is 10.0. The van der Waals surface area contributed by atoms with E-state index in [1.54, 1.807) is 24.3 Å². The third kappa shape index (κ3) is 3.60. The molecule has 0 bridgehead atoms. The molecular weight excluding hydrogens is 269 g/mol. The highest BCUT2D eigenvalue weighted by Crippen LogP contribution is 2.25. The molecule has 2 aromatic rings. The van der Waals surface area contributed by atoms with E-state index in [9.17, 15) is 9.18 Å². The van der Waals surface area contributed by atoms with E-state index in [2.05, 4.69) is 5.32 Å². The number of hydrogen-bond donors (Lipinski definition) is 2. The molecule has 2 aromatic carbocycles. The van der Waals surface area contributed by atoms with Gasteiger partial charge in [-0.15, -0.1) is 0 Å². The lowest BCUT2D eigenvalue weighted by molar-refractivity contribution is 0.0697. The molecule has 0 saturated heterocycles. The van der Waals surface area contributed by atoms with Gasteiger partial charge >= 0.3 is 5.97 Å². The molecule has 110 valence electrons. The van der Waals surface area contributed by atoms with Gasteiger partial charge in [0, 0.05) is 5.69 Å². The summed E-state index contributed by atoms with van der Waals surface area (Å²) in [6.07, 6.45) is 0.795. The smallest absolute Gasteiger partial charge is 0.335 e. The summed E-state index contributed by atoms with van der Waals surface area (Å²) in [5.41, 5.74) is 2.84. The molecule has 21 heavy (non-hydrogen) atoms. The Balaban J connectivity index is 2.25. The number of rotatable bonds is 5. The third-order valence-corrected chi connectivity index (χ3v) is 3.46. The first-order valence-electron chi connectivity index (χ1n) is 6.87. The Morgan fingerprint density at radius 1 is 1.29 bits per heavy atom. The van der Waals surface area contributed by atoms with Gasteiger partial charge in [0.1, 0.15) is 5.82 Å². The quantitative estimate of drug-likeness (QED) is 0.857. The zero-order valence-corrected chi connectivity index (χ0v) is 12.1. The van der Waals surface area contributed by atoms with Gasteiger partial charge in [-0.3, -0.25) is 0 Å². The molecular formula is C17H18FNO2. The number of carboxylic acid groups (broad SMARTS) is 1. The molecule has 0 amide bonds. The standard InChI is InChI=1S/C17H18FNO2/c1-3-15(12-5-4-6-14(18)10-12)19-16-8-7-13(17(20)21)9-11(16)2/h4-10,15,19H,3H2,1-2H3,(H,20,21). The average molecular weight is 287 g/mol. The molecule has 1 atom stereocenters. The van der Waals surface area contributed by atoms with Crippen LogP contribution in [-0.2, 0) is 0 Å². The molecule has 0 saturated carbocycles. The Morgan fingerprint density at radius 2 is 2.05 bits per heavy atom. The van der Waals surface area contributed by atoms with E-state index in [1.807, 2.05) is 19.9 Å². The molecule has 4 heteroatoms. The molecule has 0 heterocycles. The fourth-order valence-corrected chi connectivity index (χ4v) is 2.29. The van der Waals surface area contributed by atoms with Crippen LogP contribution in [-0.4, -0.2) is 11.1 Å². The second kappa shape index (κ2) is 6.39. The van der Waals surface area contributed by atoms with E-state index >= 15 is 0 Å². The number of benzene rings is 2. The van der Waals surface area contributed by atoms with Crippen molar-refractivity contribution in [1.29, 1.82) is 0 Å². The van der Waals surface area contributed by atoms with Crippen LogP contribution in [0.5, 0.6) is 0 Å². The van der Waals surface area contributed by atoms with Gasteiger partial charge in [-0.1, -0.05) is 19.1 Å². The van der Waals surface area contributed by atoms with Gasteiger partial charge in [0.2, 0.25) is 0 Å². The van der Waals surface area contributed by atoms with E-state index in [0.717, 1.165) is 23.2 Å². The summed E-state index contributed by atoms with van der Waals surface area (Å²) in [6.45, 7) is 3.87. The van der Waals surface area contributed by atoms with Crippen LogP contribution in [0.4, 0.5) is 10.1 Å². The lowest BCUT2D eigenvalue weighted by Gasteiger charge is -2.20. The summed E-state index contributed by atoms with van der Waals surface area (Å²) >= 11 is 0. The lowest BCUT2D eigenvalue weighted by atomic mass is 10.0. The molecule has 0 spiro atoms. The normalized spacial score (nSPS) is 12.0. The molecule has 1 unspecified atom stereocenters. The minimum atomic E-state index is -0.943. The Morgan fingerprint density at radius 3 is 2.62 bits per heavy atom. The van der Waals surface area contributed by atoms with Gasteiger partial charge in [-0.05, 0) is 54.8 Å². The van der Waals surface area contributed by atoms with Crippen molar-refractivity contribution in [1.82, 2.24) is 0 Å². The van der Waals surface area contributed by atoms with Gasteiger partial charge in [-0.2, -0.15) is 0 Å². The van der Waals surface area contributed by atoms with Crippen molar-refractivity contribution in [3.05, 3.63) is 65.0 Å². The van der Waals surface area contributed by atoms with Gasteiger partial charge in [0.05, 0.1) is 11.6 Å². The van der Waals surface area contributed by atoms with E-state index in [1.165, 1.54) is 12.1 Å². The Labute approximate surface area is 123 Å². The minimum Gasteiger partial charge on any atom is -0.478 e. The first-order valence-corrected chi connectivity index (χ1v) is 6.87. The summed E-state index contributed by atoms with van der Waals surface area (Å²) < 4.78 is 13.3. The van der Waals surface area contributed by atoms with Gasteiger partial charge in [0.25, 0.3) is 0 Å².